The van der Waals surface area contributed by atoms with E-state index in [0.717, 1.165) is 5.56 Å². The Morgan fingerprint density at radius 1 is 0.927 bits per heavy atom. The van der Waals surface area contributed by atoms with Crippen LogP contribution >= 0.6 is 11.5 Å². The van der Waals surface area contributed by atoms with E-state index < -0.39 is 23.8 Å². The zero-order valence-corrected chi connectivity index (χ0v) is 23.4. The van der Waals surface area contributed by atoms with Gasteiger partial charge in [0.1, 0.15) is 28.2 Å². The predicted molar refractivity (Wildman–Crippen MR) is 155 cm³/mol. The van der Waals surface area contributed by atoms with E-state index in [1.165, 1.54) is 26.2 Å². The van der Waals surface area contributed by atoms with E-state index >= 15 is 0 Å². The zero-order chi connectivity index (χ0) is 29.5. The molecule has 3 aromatic carbocycles. The van der Waals surface area contributed by atoms with E-state index in [1.807, 2.05) is 30.3 Å². The molecule has 4 aromatic rings. The number of methoxy groups -OCH3 is 3. The molecule has 0 aliphatic heterocycles. The summed E-state index contributed by atoms with van der Waals surface area (Å²) in [6.07, 6.45) is 0. The topological polar surface area (TPSA) is 159 Å². The number of nitrogens with one attached hydrogen (secondary N) is 1. The minimum atomic E-state index is -1.23. The van der Waals surface area contributed by atoms with Gasteiger partial charge in [0.2, 0.25) is 5.91 Å². The molecular weight excluding hydrogens is 546 g/mol. The fourth-order valence-electron chi connectivity index (χ4n) is 4.17. The SMILES string of the molecule is COc1ccc(C(C(=O)NCc2ccccc2)N(C(=O)c2snc(C(N)=O)c2N)c2cc(OC)ccc2OC)cc1. The van der Waals surface area contributed by atoms with Crippen LogP contribution in [0.1, 0.15) is 37.3 Å². The largest absolute Gasteiger partial charge is 0.497 e. The molecule has 0 bridgehead atoms. The molecule has 3 amide bonds. The summed E-state index contributed by atoms with van der Waals surface area (Å²) in [4.78, 5) is 41.4. The van der Waals surface area contributed by atoms with Crippen molar-refractivity contribution in [2.45, 2.75) is 12.6 Å². The molecule has 5 N–H and O–H groups in total. The number of hydrogen-bond acceptors (Lipinski definition) is 9. The molecule has 1 atom stereocenters. The van der Waals surface area contributed by atoms with Crippen molar-refractivity contribution in [3.05, 3.63) is 94.5 Å². The van der Waals surface area contributed by atoms with Gasteiger partial charge < -0.3 is 31.0 Å². The van der Waals surface area contributed by atoms with Crippen molar-refractivity contribution in [1.82, 2.24) is 9.69 Å². The Kier molecular flexibility index (Phi) is 9.05. The molecule has 4 rings (SSSR count). The Labute approximate surface area is 240 Å². The number of amides is 3. The van der Waals surface area contributed by atoms with E-state index in [2.05, 4.69) is 9.69 Å². The summed E-state index contributed by atoms with van der Waals surface area (Å²) < 4.78 is 20.3. The molecule has 0 aliphatic rings. The molecule has 212 valence electrons. The Morgan fingerprint density at radius 2 is 1.59 bits per heavy atom. The van der Waals surface area contributed by atoms with E-state index in [4.69, 9.17) is 25.7 Å². The normalized spacial score (nSPS) is 11.3. The van der Waals surface area contributed by atoms with Crippen LogP contribution in [0, 0.1) is 0 Å². The average molecular weight is 576 g/mol. The molecule has 1 heterocycles. The average Bonchev–Trinajstić information content (AvgIpc) is 3.40. The molecule has 0 saturated carbocycles. The number of ether oxygens (including phenoxy) is 3. The first kappa shape index (κ1) is 28.9. The van der Waals surface area contributed by atoms with Crippen LogP contribution < -0.4 is 35.9 Å². The highest BCUT2D eigenvalue weighted by molar-refractivity contribution is 7.09. The van der Waals surface area contributed by atoms with Gasteiger partial charge in [0, 0.05) is 12.6 Å². The molecule has 41 heavy (non-hydrogen) atoms. The fraction of sp³-hybridized carbons (Fsp3) is 0.172. The molecule has 1 aromatic heterocycles. The van der Waals surface area contributed by atoms with Crippen LogP contribution in [0.5, 0.6) is 17.2 Å². The van der Waals surface area contributed by atoms with Crippen molar-refractivity contribution in [3.8, 4) is 17.2 Å². The molecule has 1 unspecified atom stereocenters. The quantitative estimate of drug-likeness (QED) is 0.245. The summed E-state index contributed by atoms with van der Waals surface area (Å²) in [5.41, 5.74) is 12.7. The number of hydrogen-bond donors (Lipinski definition) is 3. The van der Waals surface area contributed by atoms with Gasteiger partial charge in [-0.25, -0.2) is 0 Å². The summed E-state index contributed by atoms with van der Waals surface area (Å²) in [7, 11) is 4.45. The second-order valence-electron chi connectivity index (χ2n) is 8.73. The standard InChI is InChI=1S/C29H29N5O6S/c1-38-19-11-9-18(10-12-19)25(28(36)32-16-17-7-5-4-6-8-17)34(21-15-20(39-2)13-14-22(21)40-3)29(37)26-23(30)24(27(31)35)33-41-26/h4-15,25H,16,30H2,1-3H3,(H2,31,35)(H,32,36). The maximum atomic E-state index is 14.3. The first-order chi connectivity index (χ1) is 19.8. The number of primary amides is 1. The van der Waals surface area contributed by atoms with Crippen LogP contribution in [0.15, 0.2) is 72.8 Å². The van der Waals surface area contributed by atoms with Gasteiger partial charge in [0.05, 0.1) is 32.7 Å². The van der Waals surface area contributed by atoms with Crippen LogP contribution in [0.3, 0.4) is 0 Å². The Balaban J connectivity index is 1.91. The Hall–Kier alpha value is -5.10. The monoisotopic (exact) mass is 575 g/mol. The number of nitrogens with two attached hydrogens (primary N) is 2. The van der Waals surface area contributed by atoms with E-state index in [0.29, 0.717) is 28.6 Å². The van der Waals surface area contributed by atoms with Gasteiger partial charge in [-0.1, -0.05) is 42.5 Å². The minimum absolute atomic E-state index is 0.0713. The third kappa shape index (κ3) is 6.23. The molecule has 0 radical (unpaired) electrons. The summed E-state index contributed by atoms with van der Waals surface area (Å²) in [5, 5.41) is 2.93. The summed E-state index contributed by atoms with van der Waals surface area (Å²) in [6.45, 7) is 0.206. The molecule has 0 saturated heterocycles. The van der Waals surface area contributed by atoms with Crippen LogP contribution in [0.25, 0.3) is 0 Å². The van der Waals surface area contributed by atoms with Crippen molar-refractivity contribution < 1.29 is 28.6 Å². The Morgan fingerprint density at radius 3 is 2.17 bits per heavy atom. The van der Waals surface area contributed by atoms with E-state index in [1.54, 1.807) is 42.5 Å². The van der Waals surface area contributed by atoms with Crippen molar-refractivity contribution >= 4 is 40.6 Å². The number of anilines is 2. The van der Waals surface area contributed by atoms with Gasteiger partial charge >= 0.3 is 0 Å². The highest BCUT2D eigenvalue weighted by Crippen LogP contribution is 2.40. The molecule has 11 nitrogen and oxygen atoms in total. The van der Waals surface area contributed by atoms with E-state index in [-0.39, 0.29) is 34.2 Å². The predicted octanol–water partition coefficient (Wildman–Crippen LogP) is 3.55. The lowest BCUT2D eigenvalue weighted by molar-refractivity contribution is -0.122. The first-order valence-corrected chi connectivity index (χ1v) is 13.1. The maximum Gasteiger partial charge on any atom is 0.273 e. The van der Waals surface area contributed by atoms with Gasteiger partial charge in [0.25, 0.3) is 11.8 Å². The van der Waals surface area contributed by atoms with Crippen molar-refractivity contribution in [2.75, 3.05) is 32.0 Å². The highest BCUT2D eigenvalue weighted by Gasteiger charge is 2.37. The lowest BCUT2D eigenvalue weighted by Crippen LogP contribution is -2.44. The molecule has 0 fully saturated rings. The Bertz CT molecular complexity index is 1540. The molecular formula is C29H29N5O6S. The number of nitrogen functional groups attached to an aromatic ring is 1. The fourth-order valence-corrected chi connectivity index (χ4v) is 4.92. The van der Waals surface area contributed by atoms with Crippen molar-refractivity contribution in [2.24, 2.45) is 5.73 Å². The van der Waals surface area contributed by atoms with Crippen LogP contribution in [-0.2, 0) is 11.3 Å². The maximum absolute atomic E-state index is 14.3. The number of rotatable bonds is 11. The molecule has 12 heteroatoms. The number of nitrogens with zero attached hydrogens (tertiary/aromatic N) is 2. The van der Waals surface area contributed by atoms with Gasteiger partial charge in [-0.05, 0) is 46.9 Å². The van der Waals surface area contributed by atoms with E-state index in [9.17, 15) is 14.4 Å². The second-order valence-corrected chi connectivity index (χ2v) is 9.50. The van der Waals surface area contributed by atoms with Crippen molar-refractivity contribution in [1.29, 1.82) is 0 Å². The number of carbonyl (C=O) groups excluding carboxylic acids is 3. The summed E-state index contributed by atoms with van der Waals surface area (Å²) in [6, 6.07) is 19.7. The van der Waals surface area contributed by atoms with Gasteiger partial charge in [0.15, 0.2) is 5.69 Å². The van der Waals surface area contributed by atoms with Gasteiger partial charge in [-0.2, -0.15) is 4.37 Å². The second kappa shape index (κ2) is 12.8. The number of carbonyl (C=O) groups is 3. The minimum Gasteiger partial charge on any atom is -0.497 e. The van der Waals surface area contributed by atoms with Gasteiger partial charge in [-0.15, -0.1) is 0 Å². The molecule has 0 spiro atoms. The lowest BCUT2D eigenvalue weighted by Gasteiger charge is -2.32. The van der Waals surface area contributed by atoms with Crippen LogP contribution in [0.4, 0.5) is 11.4 Å². The summed E-state index contributed by atoms with van der Waals surface area (Å²) >= 11 is 0.709. The first-order valence-electron chi connectivity index (χ1n) is 12.3. The number of benzene rings is 3. The van der Waals surface area contributed by atoms with Gasteiger partial charge in [-0.3, -0.25) is 19.3 Å². The van der Waals surface area contributed by atoms with Crippen molar-refractivity contribution in [3.63, 3.8) is 0 Å². The zero-order valence-electron chi connectivity index (χ0n) is 22.6. The third-order valence-corrected chi connectivity index (χ3v) is 7.12. The highest BCUT2D eigenvalue weighted by atomic mass is 32.1. The van der Waals surface area contributed by atoms with Crippen LogP contribution in [0.2, 0.25) is 0 Å². The molecule has 0 aliphatic carbocycles. The summed E-state index contributed by atoms with van der Waals surface area (Å²) in [5.74, 6) is -0.814. The lowest BCUT2D eigenvalue weighted by atomic mass is 10.0. The van der Waals surface area contributed by atoms with Crippen LogP contribution in [-0.4, -0.2) is 43.4 Å². The third-order valence-electron chi connectivity index (χ3n) is 6.27. The smallest absolute Gasteiger partial charge is 0.273 e. The number of aromatic nitrogens is 1.